The van der Waals surface area contributed by atoms with Crippen LogP contribution in [0.5, 0.6) is 5.75 Å². The van der Waals surface area contributed by atoms with Crippen LogP contribution in [0.2, 0.25) is 0 Å². The molecule has 2 rings (SSSR count). The number of methoxy groups -OCH3 is 1. The smallest absolute Gasteiger partial charge is 0.471 e. The van der Waals surface area contributed by atoms with Crippen molar-refractivity contribution in [3.8, 4) is 17.1 Å². The van der Waals surface area contributed by atoms with Gasteiger partial charge in [-0.25, -0.2) is 0 Å². The van der Waals surface area contributed by atoms with Gasteiger partial charge in [0.15, 0.2) is 0 Å². The number of alkyl halides is 3. The molecule has 1 aromatic carbocycles. The standard InChI is InChI=1S/C14H12F3NO4/c1-21-11-4-2-8(18-13(20)14(15,16)17)6-10(11)12-5-3-9(7-19)22-12/h2-6,19H,7H2,1H3,(H,18,20). The Hall–Kier alpha value is -2.48. The van der Waals surface area contributed by atoms with Crippen molar-refractivity contribution < 1.29 is 32.2 Å². The van der Waals surface area contributed by atoms with Gasteiger partial charge < -0.3 is 19.6 Å². The SMILES string of the molecule is COc1ccc(NC(=O)C(F)(F)F)cc1-c1ccc(CO)o1. The molecule has 0 saturated heterocycles. The average molecular weight is 315 g/mol. The van der Waals surface area contributed by atoms with Crippen LogP contribution in [0.25, 0.3) is 11.3 Å². The van der Waals surface area contributed by atoms with Crippen LogP contribution in [0.4, 0.5) is 18.9 Å². The minimum absolute atomic E-state index is 0.0555. The average Bonchev–Trinajstić information content (AvgIpc) is 2.95. The van der Waals surface area contributed by atoms with E-state index in [1.54, 1.807) is 11.4 Å². The predicted molar refractivity (Wildman–Crippen MR) is 71.3 cm³/mol. The number of amides is 1. The zero-order valence-corrected chi connectivity index (χ0v) is 11.4. The van der Waals surface area contributed by atoms with E-state index in [1.807, 2.05) is 0 Å². The van der Waals surface area contributed by atoms with Crippen molar-refractivity contribution in [3.05, 3.63) is 36.1 Å². The number of hydrogen-bond acceptors (Lipinski definition) is 4. The molecule has 0 radical (unpaired) electrons. The Kier molecular flexibility index (Phi) is 4.41. The first-order valence-electron chi connectivity index (χ1n) is 6.11. The van der Waals surface area contributed by atoms with Crippen molar-refractivity contribution in [3.63, 3.8) is 0 Å². The zero-order chi connectivity index (χ0) is 16.3. The summed E-state index contributed by atoms with van der Waals surface area (Å²) in [4.78, 5) is 11.0. The molecule has 0 fully saturated rings. The number of nitrogens with one attached hydrogen (secondary N) is 1. The summed E-state index contributed by atoms with van der Waals surface area (Å²) in [6, 6.07) is 7.04. The van der Waals surface area contributed by atoms with E-state index in [9.17, 15) is 18.0 Å². The van der Waals surface area contributed by atoms with E-state index >= 15 is 0 Å². The van der Waals surface area contributed by atoms with Gasteiger partial charge in [-0.3, -0.25) is 4.79 Å². The number of carbonyl (C=O) groups is 1. The fourth-order valence-corrected chi connectivity index (χ4v) is 1.79. The van der Waals surface area contributed by atoms with E-state index in [0.29, 0.717) is 22.8 Å². The molecule has 0 spiro atoms. The molecule has 0 aliphatic rings. The number of halogens is 3. The number of benzene rings is 1. The van der Waals surface area contributed by atoms with Crippen molar-refractivity contribution in [1.82, 2.24) is 0 Å². The van der Waals surface area contributed by atoms with E-state index in [0.717, 1.165) is 0 Å². The van der Waals surface area contributed by atoms with Gasteiger partial charge in [-0.1, -0.05) is 0 Å². The number of furan rings is 1. The van der Waals surface area contributed by atoms with Gasteiger partial charge in [0.2, 0.25) is 0 Å². The third kappa shape index (κ3) is 3.40. The van der Waals surface area contributed by atoms with Crippen LogP contribution >= 0.6 is 0 Å². The summed E-state index contributed by atoms with van der Waals surface area (Å²) in [5, 5.41) is 10.7. The normalized spacial score (nSPS) is 11.3. The van der Waals surface area contributed by atoms with Gasteiger partial charge >= 0.3 is 12.1 Å². The van der Waals surface area contributed by atoms with Gasteiger partial charge in [0.1, 0.15) is 23.9 Å². The number of hydrogen-bond donors (Lipinski definition) is 2. The fraction of sp³-hybridized carbons (Fsp3) is 0.214. The summed E-state index contributed by atoms with van der Waals surface area (Å²) in [6.45, 7) is -0.313. The molecule has 1 aromatic heterocycles. The van der Waals surface area contributed by atoms with Gasteiger partial charge in [0.05, 0.1) is 12.7 Å². The Morgan fingerprint density at radius 2 is 2.05 bits per heavy atom. The van der Waals surface area contributed by atoms with Gasteiger partial charge in [-0.15, -0.1) is 0 Å². The lowest BCUT2D eigenvalue weighted by Gasteiger charge is -2.11. The van der Waals surface area contributed by atoms with Gasteiger partial charge in [0, 0.05) is 5.69 Å². The molecule has 1 amide bonds. The molecule has 22 heavy (non-hydrogen) atoms. The van der Waals surface area contributed by atoms with Crippen LogP contribution in [0.15, 0.2) is 34.7 Å². The highest BCUT2D eigenvalue weighted by atomic mass is 19.4. The maximum absolute atomic E-state index is 12.3. The van der Waals surface area contributed by atoms with Gasteiger partial charge in [0.25, 0.3) is 0 Å². The topological polar surface area (TPSA) is 71.7 Å². The molecule has 0 aliphatic heterocycles. The monoisotopic (exact) mass is 315 g/mol. The summed E-state index contributed by atoms with van der Waals surface area (Å²) in [7, 11) is 1.39. The molecule has 5 nitrogen and oxygen atoms in total. The van der Waals surface area contributed by atoms with E-state index < -0.39 is 12.1 Å². The minimum atomic E-state index is -4.98. The summed E-state index contributed by atoms with van der Waals surface area (Å²) in [6.07, 6.45) is -4.98. The summed E-state index contributed by atoms with van der Waals surface area (Å²) >= 11 is 0. The van der Waals surface area contributed by atoms with E-state index in [-0.39, 0.29) is 12.3 Å². The molecular weight excluding hydrogens is 303 g/mol. The highest BCUT2D eigenvalue weighted by Crippen LogP contribution is 2.34. The molecule has 0 saturated carbocycles. The lowest BCUT2D eigenvalue weighted by atomic mass is 10.1. The van der Waals surface area contributed by atoms with E-state index in [2.05, 4.69) is 0 Å². The van der Waals surface area contributed by atoms with Crippen LogP contribution in [0, 0.1) is 0 Å². The summed E-state index contributed by atoms with van der Waals surface area (Å²) < 4.78 is 47.2. The molecule has 0 aliphatic carbocycles. The Bertz CT molecular complexity index is 679. The van der Waals surface area contributed by atoms with Crippen molar-refractivity contribution in [1.29, 1.82) is 0 Å². The zero-order valence-electron chi connectivity index (χ0n) is 11.4. The molecule has 0 unspecified atom stereocenters. The highest BCUT2D eigenvalue weighted by Gasteiger charge is 2.38. The maximum Gasteiger partial charge on any atom is 0.471 e. The van der Waals surface area contributed by atoms with Crippen LogP contribution in [0.1, 0.15) is 5.76 Å². The lowest BCUT2D eigenvalue weighted by Crippen LogP contribution is -2.29. The van der Waals surface area contributed by atoms with Crippen molar-refractivity contribution in [2.24, 2.45) is 0 Å². The largest absolute Gasteiger partial charge is 0.496 e. The molecular formula is C14H12F3NO4. The van der Waals surface area contributed by atoms with Gasteiger partial charge in [-0.2, -0.15) is 13.2 Å². The van der Waals surface area contributed by atoms with E-state index in [1.165, 1.54) is 31.4 Å². The van der Waals surface area contributed by atoms with Crippen LogP contribution in [-0.2, 0) is 11.4 Å². The first-order chi connectivity index (χ1) is 10.3. The fourth-order valence-electron chi connectivity index (χ4n) is 1.79. The molecule has 0 bridgehead atoms. The third-order valence-electron chi connectivity index (χ3n) is 2.80. The number of rotatable bonds is 4. The predicted octanol–water partition coefficient (Wildman–Crippen LogP) is 2.95. The molecule has 0 atom stereocenters. The maximum atomic E-state index is 12.3. The second-order valence-electron chi connectivity index (χ2n) is 4.29. The van der Waals surface area contributed by atoms with E-state index in [4.69, 9.17) is 14.3 Å². The van der Waals surface area contributed by atoms with Crippen LogP contribution in [-0.4, -0.2) is 24.3 Å². The minimum Gasteiger partial charge on any atom is -0.496 e. The Morgan fingerprint density at radius 1 is 1.32 bits per heavy atom. The van der Waals surface area contributed by atoms with Crippen molar-refractivity contribution in [2.45, 2.75) is 12.8 Å². The second kappa shape index (κ2) is 6.10. The molecule has 2 N–H and O–H groups in total. The number of aliphatic hydroxyl groups is 1. The molecule has 8 heteroatoms. The summed E-state index contributed by atoms with van der Waals surface area (Å²) in [5.74, 6) is -1.13. The lowest BCUT2D eigenvalue weighted by molar-refractivity contribution is -0.167. The number of carbonyl (C=O) groups excluding carboxylic acids is 1. The Morgan fingerprint density at radius 3 is 2.59 bits per heavy atom. The van der Waals surface area contributed by atoms with Crippen molar-refractivity contribution >= 4 is 11.6 Å². The quantitative estimate of drug-likeness (QED) is 0.910. The highest BCUT2D eigenvalue weighted by molar-refractivity contribution is 5.95. The van der Waals surface area contributed by atoms with Crippen LogP contribution < -0.4 is 10.1 Å². The third-order valence-corrected chi connectivity index (χ3v) is 2.80. The molecule has 118 valence electrons. The Balaban J connectivity index is 2.36. The van der Waals surface area contributed by atoms with Gasteiger partial charge in [-0.05, 0) is 30.3 Å². The first kappa shape index (κ1) is 15.9. The number of aliphatic hydroxyl groups excluding tert-OH is 1. The second-order valence-corrected chi connectivity index (χ2v) is 4.29. The number of ether oxygens (including phenoxy) is 1. The van der Waals surface area contributed by atoms with Crippen LogP contribution in [0.3, 0.4) is 0 Å². The van der Waals surface area contributed by atoms with Crippen molar-refractivity contribution in [2.75, 3.05) is 12.4 Å². The number of anilines is 1. The summed E-state index contributed by atoms with van der Waals surface area (Å²) in [5.41, 5.74) is 0.294. The molecule has 2 aromatic rings. The molecule has 1 heterocycles. The first-order valence-corrected chi connectivity index (χ1v) is 6.11. The Labute approximate surface area is 123 Å².